The van der Waals surface area contributed by atoms with Crippen LogP contribution in [-0.2, 0) is 14.1 Å². The van der Waals surface area contributed by atoms with Crippen molar-refractivity contribution in [3.63, 3.8) is 0 Å². The number of fused-ring (bicyclic) bond motifs is 2. The molecule has 0 saturated carbocycles. The SMILES string of the molecule is CC1=CC2=C(Br)C=[S]([Zr]([Cl])([Cl])([CH]3C(C)=Cc4c(-c5ccccc5)cccc43)[SiH](C)C)C2=C1. The molecule has 165 valence electrons. The van der Waals surface area contributed by atoms with Crippen molar-refractivity contribution >= 4 is 57.6 Å². The van der Waals surface area contributed by atoms with Gasteiger partial charge >= 0.3 is 211 Å². The Morgan fingerprint density at radius 2 is 1.66 bits per heavy atom. The van der Waals surface area contributed by atoms with Gasteiger partial charge in [0.15, 0.2) is 0 Å². The fraction of sp³-hybridized carbons (Fsp3) is 0.192. The van der Waals surface area contributed by atoms with E-state index in [9.17, 15) is 0 Å². The van der Waals surface area contributed by atoms with Crippen molar-refractivity contribution in [2.75, 3.05) is 0 Å². The van der Waals surface area contributed by atoms with Crippen LogP contribution < -0.4 is 0 Å². The molecule has 1 heterocycles. The summed E-state index contributed by atoms with van der Waals surface area (Å²) < 4.78 is 1.32. The van der Waals surface area contributed by atoms with Gasteiger partial charge in [0.1, 0.15) is 0 Å². The van der Waals surface area contributed by atoms with E-state index in [1.165, 1.54) is 43.9 Å². The fourth-order valence-corrected chi connectivity index (χ4v) is 57.3. The minimum absolute atomic E-state index is 0.158. The van der Waals surface area contributed by atoms with E-state index >= 15 is 0 Å². The predicted octanol–water partition coefficient (Wildman–Crippen LogP) is 9.28. The standard InChI is InChI=1S/C16H13.C8H6BrS.C2H7Si.2ClH.Zr/c1-12-10-14-8-5-9-15(16(14)11-12)13-6-3-2-4-7-13;1-5-2-6-7(9)4-10-8(6)3-5;1-3-2;;;/h2-11H,1H3;2-4H,1H3;3H,1-2H3;2*1H;/q;+1;;;;+1/p-2. The first kappa shape index (κ1) is 23.5. The molecular formula is C26H26BrCl2SSiZr. The zero-order chi connectivity index (χ0) is 22.9. The molecule has 3 aliphatic rings. The van der Waals surface area contributed by atoms with Gasteiger partial charge in [0.25, 0.3) is 0 Å². The van der Waals surface area contributed by atoms with Crippen molar-refractivity contribution in [3.05, 3.63) is 97.9 Å². The molecule has 1 aliphatic heterocycles. The molecule has 2 atom stereocenters. The molecule has 6 heteroatoms. The molecule has 0 N–H and O–H groups in total. The van der Waals surface area contributed by atoms with Crippen molar-refractivity contribution in [1.29, 1.82) is 0 Å². The number of hydrogen-bond acceptors (Lipinski definition) is 0. The van der Waals surface area contributed by atoms with Gasteiger partial charge in [-0.3, -0.25) is 0 Å². The van der Waals surface area contributed by atoms with Crippen LogP contribution in [0, 0.1) is 0 Å². The number of rotatable bonds is 4. The molecule has 0 aromatic heterocycles. The van der Waals surface area contributed by atoms with Crippen LogP contribution in [0.3, 0.4) is 0 Å². The summed E-state index contributed by atoms with van der Waals surface area (Å²) in [7, 11) is 16.0. The molecular weight excluding hydrogens is 614 g/mol. The summed E-state index contributed by atoms with van der Waals surface area (Å²) in [5, 5.41) is 2.37. The fourth-order valence-electron chi connectivity index (χ4n) is 5.35. The summed E-state index contributed by atoms with van der Waals surface area (Å²) >= 11 is -0.593. The van der Waals surface area contributed by atoms with Crippen LogP contribution in [-0.4, -0.2) is 11.3 Å². The number of benzene rings is 2. The Hall–Kier alpha value is -0.220. The van der Waals surface area contributed by atoms with E-state index in [1.807, 2.05) is 0 Å². The first-order chi connectivity index (χ1) is 15.1. The normalized spacial score (nSPS) is 23.2. The van der Waals surface area contributed by atoms with Crippen LogP contribution in [0.2, 0.25) is 13.1 Å². The van der Waals surface area contributed by atoms with Crippen LogP contribution in [0.15, 0.2) is 86.8 Å². The molecule has 0 radical (unpaired) electrons. The van der Waals surface area contributed by atoms with Crippen LogP contribution in [0.1, 0.15) is 28.6 Å². The van der Waals surface area contributed by atoms with E-state index in [0.717, 1.165) is 4.48 Å². The van der Waals surface area contributed by atoms with Gasteiger partial charge in [0.2, 0.25) is 0 Å². The molecule has 0 nitrogen and oxygen atoms in total. The summed E-state index contributed by atoms with van der Waals surface area (Å²) in [6.07, 6.45) is 6.97. The molecule has 0 saturated heterocycles. The topological polar surface area (TPSA) is 0 Å². The maximum atomic E-state index is 8.11. The van der Waals surface area contributed by atoms with Gasteiger partial charge in [0.05, 0.1) is 0 Å². The number of hydrogen-bond donors (Lipinski definition) is 0. The summed E-state index contributed by atoms with van der Waals surface area (Å²) in [5.74, 6) is -1.44. The van der Waals surface area contributed by atoms with Crippen molar-refractivity contribution in [3.8, 4) is 11.1 Å². The van der Waals surface area contributed by atoms with Crippen LogP contribution in [0.25, 0.3) is 17.2 Å². The predicted molar refractivity (Wildman–Crippen MR) is 150 cm³/mol. The van der Waals surface area contributed by atoms with Crippen molar-refractivity contribution in [2.45, 2.75) is 30.6 Å². The monoisotopic (exact) mass is 637 g/mol. The molecule has 0 fully saturated rings. The van der Waals surface area contributed by atoms with Crippen molar-refractivity contribution in [2.24, 2.45) is 0 Å². The minimum atomic E-state index is -4.43. The third-order valence-electron chi connectivity index (χ3n) is 7.00. The maximum absolute atomic E-state index is 8.11. The quantitative estimate of drug-likeness (QED) is 0.231. The van der Waals surface area contributed by atoms with Crippen molar-refractivity contribution < 1.29 is 14.1 Å². The van der Waals surface area contributed by atoms with Gasteiger partial charge in [0, 0.05) is 0 Å². The van der Waals surface area contributed by atoms with E-state index in [2.05, 4.69) is 115 Å². The zero-order valence-electron chi connectivity index (χ0n) is 18.6. The number of halogens is 3. The molecule has 2 aliphatic carbocycles. The van der Waals surface area contributed by atoms with Gasteiger partial charge in [-0.1, -0.05) is 0 Å². The average Bonchev–Trinajstić information content (AvgIpc) is 3.40. The first-order valence-corrected chi connectivity index (χ1v) is 30.9. The Bertz CT molecular complexity index is 1320. The Labute approximate surface area is 209 Å². The second kappa shape index (κ2) is 8.18. The van der Waals surface area contributed by atoms with Gasteiger partial charge < -0.3 is 0 Å². The molecule has 2 aromatic carbocycles. The molecule has 2 aromatic rings. The summed E-state index contributed by atoms with van der Waals surface area (Å²) in [4.78, 5) is 1.37. The van der Waals surface area contributed by atoms with E-state index < -0.39 is 20.0 Å². The van der Waals surface area contributed by atoms with E-state index in [-0.39, 0.29) is 10.9 Å². The Balaban J connectivity index is 1.72. The van der Waals surface area contributed by atoms with Gasteiger partial charge in [-0.05, 0) is 0 Å². The van der Waals surface area contributed by atoms with Crippen LogP contribution in [0.4, 0.5) is 0 Å². The molecule has 32 heavy (non-hydrogen) atoms. The van der Waals surface area contributed by atoms with Crippen LogP contribution >= 0.6 is 40.2 Å². The third kappa shape index (κ3) is 3.35. The third-order valence-corrected chi connectivity index (χ3v) is 80.2. The molecule has 5 rings (SSSR count). The summed E-state index contributed by atoms with van der Waals surface area (Å²) in [6, 6.07) is 17.4. The van der Waals surface area contributed by atoms with Gasteiger partial charge in [-0.2, -0.15) is 0 Å². The van der Waals surface area contributed by atoms with Gasteiger partial charge in [-0.25, -0.2) is 0 Å². The van der Waals surface area contributed by atoms with E-state index in [0.29, 0.717) is 0 Å². The van der Waals surface area contributed by atoms with E-state index in [4.69, 9.17) is 17.0 Å². The second-order valence-corrected chi connectivity index (χ2v) is 64.8. The zero-order valence-corrected chi connectivity index (χ0v) is 26.2. The Morgan fingerprint density at radius 1 is 0.938 bits per heavy atom. The molecule has 2 unspecified atom stereocenters. The first-order valence-electron chi connectivity index (χ1n) is 10.9. The molecule has 0 amide bonds. The summed E-state index contributed by atoms with van der Waals surface area (Å²) in [6.45, 7) is 9.20. The van der Waals surface area contributed by atoms with Crippen molar-refractivity contribution in [1.82, 2.24) is 0 Å². The Morgan fingerprint density at radius 3 is 2.34 bits per heavy atom. The summed E-state index contributed by atoms with van der Waals surface area (Å²) in [5.41, 5.74) is 9.09. The van der Waals surface area contributed by atoms with E-state index in [1.54, 1.807) is 0 Å². The second-order valence-electron chi connectivity index (χ2n) is 9.33. The van der Waals surface area contributed by atoms with Crippen LogP contribution in [0.5, 0.6) is 0 Å². The Kier molecular flexibility index (Phi) is 6.01. The number of allylic oxidation sites excluding steroid dienone is 6. The average molecular weight is 641 g/mol. The van der Waals surface area contributed by atoms with Gasteiger partial charge in [-0.15, -0.1) is 0 Å². The molecule has 0 bridgehead atoms. The molecule has 0 spiro atoms.